The molecule has 0 radical (unpaired) electrons. The first-order valence-electron chi connectivity index (χ1n) is 6.51. The Labute approximate surface area is 134 Å². The zero-order valence-corrected chi connectivity index (χ0v) is 12.8. The molecule has 0 N–H and O–H groups in total. The third kappa shape index (κ3) is 2.44. The smallest absolute Gasteiger partial charge is 0.235 e. The lowest BCUT2D eigenvalue weighted by Gasteiger charge is -1.98. The van der Waals surface area contributed by atoms with Gasteiger partial charge in [0.1, 0.15) is 5.69 Å². The molecule has 3 heterocycles. The molecule has 6 nitrogen and oxygen atoms in total. The van der Waals surface area contributed by atoms with Gasteiger partial charge in [-0.1, -0.05) is 35.1 Å². The average molecular weight is 329 g/mol. The number of aromatic nitrogens is 6. The van der Waals surface area contributed by atoms with Crippen LogP contribution in [0.15, 0.2) is 42.9 Å². The predicted octanol–water partition coefficient (Wildman–Crippen LogP) is 2.89. The van der Waals surface area contributed by atoms with Crippen LogP contribution in [0.25, 0.3) is 15.7 Å². The normalized spacial score (nSPS) is 11.1. The van der Waals surface area contributed by atoms with E-state index < -0.39 is 0 Å². The molecule has 0 atom stereocenters. The largest absolute Gasteiger partial charge is 0.261 e. The molecule has 1 aromatic carbocycles. The monoisotopic (exact) mass is 328 g/mol. The minimum absolute atomic E-state index is 0.641. The highest BCUT2D eigenvalue weighted by atomic mass is 35.5. The minimum atomic E-state index is 0.641. The predicted molar refractivity (Wildman–Crippen MR) is 83.9 cm³/mol. The van der Waals surface area contributed by atoms with E-state index in [4.69, 9.17) is 11.6 Å². The van der Waals surface area contributed by atoms with Gasteiger partial charge in [0.05, 0.1) is 6.20 Å². The molecule has 0 aliphatic carbocycles. The molecule has 0 amide bonds. The second-order valence-electron chi connectivity index (χ2n) is 4.61. The fourth-order valence-electron chi connectivity index (χ4n) is 2.07. The first-order valence-corrected chi connectivity index (χ1v) is 7.71. The molecule has 4 rings (SSSR count). The highest BCUT2D eigenvalue weighted by molar-refractivity contribution is 7.19. The van der Waals surface area contributed by atoms with Gasteiger partial charge >= 0.3 is 0 Å². The Hall–Kier alpha value is -2.38. The summed E-state index contributed by atoms with van der Waals surface area (Å²) in [6.07, 6.45) is 5.61. The Morgan fingerprint density at radius 1 is 1.09 bits per heavy atom. The molecule has 0 aliphatic heterocycles. The van der Waals surface area contributed by atoms with E-state index in [1.165, 1.54) is 11.3 Å². The Morgan fingerprint density at radius 3 is 2.73 bits per heavy atom. The first-order chi connectivity index (χ1) is 10.8. The number of hydrogen-bond donors (Lipinski definition) is 0. The minimum Gasteiger partial charge on any atom is -0.261 e. The van der Waals surface area contributed by atoms with E-state index in [-0.39, 0.29) is 0 Å². The van der Waals surface area contributed by atoms with E-state index in [1.807, 2.05) is 24.3 Å². The Bertz CT molecular complexity index is 916. The topological polar surface area (TPSA) is 68.9 Å². The standard InChI is InChI=1S/C14H9ClN6S/c15-10-3-1-9(2-4-10)7-12-18-19-14-21(12)20-13(22-14)11-8-16-5-6-17-11/h1-6,8H,7H2. The molecule has 0 saturated carbocycles. The number of fused-ring (bicyclic) bond motifs is 1. The third-order valence-electron chi connectivity index (χ3n) is 3.11. The number of hydrogen-bond acceptors (Lipinski definition) is 6. The maximum atomic E-state index is 5.90. The molecular weight excluding hydrogens is 320 g/mol. The van der Waals surface area contributed by atoms with E-state index in [0.29, 0.717) is 11.4 Å². The lowest BCUT2D eigenvalue weighted by atomic mass is 10.1. The van der Waals surface area contributed by atoms with Crippen LogP contribution in [0.4, 0.5) is 0 Å². The van der Waals surface area contributed by atoms with Crippen LogP contribution in [0.3, 0.4) is 0 Å². The van der Waals surface area contributed by atoms with E-state index in [1.54, 1.807) is 23.1 Å². The van der Waals surface area contributed by atoms with Gasteiger partial charge in [-0.05, 0) is 17.7 Å². The van der Waals surface area contributed by atoms with Gasteiger partial charge in [-0.3, -0.25) is 9.97 Å². The number of rotatable bonds is 3. The Kier molecular flexibility index (Phi) is 3.28. The molecule has 3 aromatic heterocycles. The second-order valence-corrected chi connectivity index (χ2v) is 6.00. The van der Waals surface area contributed by atoms with Crippen molar-refractivity contribution in [2.75, 3.05) is 0 Å². The van der Waals surface area contributed by atoms with Crippen molar-refractivity contribution in [2.24, 2.45) is 0 Å². The highest BCUT2D eigenvalue weighted by Crippen LogP contribution is 2.23. The highest BCUT2D eigenvalue weighted by Gasteiger charge is 2.14. The van der Waals surface area contributed by atoms with Gasteiger partial charge in [-0.25, -0.2) is 0 Å². The molecule has 4 aromatic rings. The summed E-state index contributed by atoms with van der Waals surface area (Å²) in [6, 6.07) is 7.67. The summed E-state index contributed by atoms with van der Waals surface area (Å²) in [6.45, 7) is 0. The summed E-state index contributed by atoms with van der Waals surface area (Å²) in [5.74, 6) is 0.781. The lowest BCUT2D eigenvalue weighted by molar-refractivity contribution is 0.853. The summed E-state index contributed by atoms with van der Waals surface area (Å²) in [5.41, 5.74) is 1.84. The molecule has 0 unspecified atom stereocenters. The van der Waals surface area contributed by atoms with Crippen LogP contribution >= 0.6 is 22.9 Å². The van der Waals surface area contributed by atoms with Gasteiger partial charge < -0.3 is 0 Å². The van der Waals surface area contributed by atoms with E-state index in [2.05, 4.69) is 25.3 Å². The van der Waals surface area contributed by atoms with E-state index in [0.717, 1.165) is 27.1 Å². The zero-order chi connectivity index (χ0) is 14.9. The summed E-state index contributed by atoms with van der Waals surface area (Å²) in [4.78, 5) is 9.06. The maximum Gasteiger partial charge on any atom is 0.235 e. The molecule has 8 heteroatoms. The Morgan fingerprint density at radius 2 is 1.95 bits per heavy atom. The lowest BCUT2D eigenvalue weighted by Crippen LogP contribution is -1.98. The summed E-state index contributed by atoms with van der Waals surface area (Å²) < 4.78 is 1.75. The number of nitrogens with zero attached hydrogens (tertiary/aromatic N) is 6. The number of benzene rings is 1. The van der Waals surface area contributed by atoms with Crippen molar-refractivity contribution in [3.63, 3.8) is 0 Å². The van der Waals surface area contributed by atoms with Crippen LogP contribution in [0.5, 0.6) is 0 Å². The van der Waals surface area contributed by atoms with Gasteiger partial charge in [-0.2, -0.15) is 9.61 Å². The quantitative estimate of drug-likeness (QED) is 0.578. The third-order valence-corrected chi connectivity index (χ3v) is 4.29. The molecule has 0 fully saturated rings. The average Bonchev–Trinajstić information content (AvgIpc) is 3.12. The van der Waals surface area contributed by atoms with Crippen molar-refractivity contribution in [1.82, 2.24) is 29.8 Å². The van der Waals surface area contributed by atoms with Crippen molar-refractivity contribution in [1.29, 1.82) is 0 Å². The summed E-state index contributed by atoms with van der Waals surface area (Å²) in [5, 5.41) is 14.4. The Balaban J connectivity index is 1.70. The molecule has 108 valence electrons. The van der Waals surface area contributed by atoms with Gasteiger partial charge in [0.2, 0.25) is 4.96 Å². The summed E-state index contributed by atoms with van der Waals surface area (Å²) >= 11 is 7.34. The zero-order valence-electron chi connectivity index (χ0n) is 11.2. The molecule has 22 heavy (non-hydrogen) atoms. The van der Waals surface area contributed by atoms with Crippen LogP contribution in [0.1, 0.15) is 11.4 Å². The van der Waals surface area contributed by atoms with Crippen molar-refractivity contribution < 1.29 is 0 Å². The fraction of sp³-hybridized carbons (Fsp3) is 0.0714. The molecule has 0 saturated heterocycles. The van der Waals surface area contributed by atoms with Crippen molar-refractivity contribution in [2.45, 2.75) is 6.42 Å². The van der Waals surface area contributed by atoms with Crippen LogP contribution in [0, 0.1) is 0 Å². The molecule has 0 bridgehead atoms. The van der Waals surface area contributed by atoms with Crippen molar-refractivity contribution in [3.05, 3.63) is 59.3 Å². The maximum absolute atomic E-state index is 5.90. The fourth-order valence-corrected chi connectivity index (χ4v) is 3.01. The SMILES string of the molecule is Clc1ccc(Cc2nnc3sc(-c4cnccn4)nn23)cc1. The van der Waals surface area contributed by atoms with E-state index in [9.17, 15) is 0 Å². The summed E-state index contributed by atoms with van der Waals surface area (Å²) in [7, 11) is 0. The van der Waals surface area contributed by atoms with Crippen LogP contribution in [-0.4, -0.2) is 29.8 Å². The van der Waals surface area contributed by atoms with Gasteiger partial charge in [0.25, 0.3) is 0 Å². The van der Waals surface area contributed by atoms with Gasteiger partial charge in [-0.15, -0.1) is 10.2 Å². The first kappa shape index (κ1) is 13.3. The number of halogens is 1. The van der Waals surface area contributed by atoms with Crippen LogP contribution in [0.2, 0.25) is 5.02 Å². The molecular formula is C14H9ClN6S. The van der Waals surface area contributed by atoms with E-state index >= 15 is 0 Å². The van der Waals surface area contributed by atoms with Crippen LogP contribution in [-0.2, 0) is 6.42 Å². The molecule has 0 aliphatic rings. The van der Waals surface area contributed by atoms with Gasteiger partial charge in [0.15, 0.2) is 10.8 Å². The van der Waals surface area contributed by atoms with Crippen molar-refractivity contribution in [3.8, 4) is 10.7 Å². The molecule has 0 spiro atoms. The van der Waals surface area contributed by atoms with Gasteiger partial charge in [0, 0.05) is 23.8 Å². The second kappa shape index (κ2) is 5.43. The van der Waals surface area contributed by atoms with Crippen LogP contribution < -0.4 is 0 Å². The van der Waals surface area contributed by atoms with Crippen molar-refractivity contribution >= 4 is 27.9 Å².